The Morgan fingerprint density at radius 2 is 1.92 bits per heavy atom. The number of alkyl halides is 3. The van der Waals surface area contributed by atoms with Gasteiger partial charge in [-0.3, -0.25) is 9.29 Å². The number of hydrogen-bond donors (Lipinski definition) is 1. The van der Waals surface area contributed by atoms with Gasteiger partial charge in [-0.05, 0) is 12.1 Å². The first-order valence-electron chi connectivity index (χ1n) is 6.87. The second-order valence-corrected chi connectivity index (χ2v) is 7.05. The van der Waals surface area contributed by atoms with Crippen molar-refractivity contribution < 1.29 is 30.7 Å². The smallest absolute Gasteiger partial charge is 0.417 e. The van der Waals surface area contributed by atoms with E-state index in [1.54, 1.807) is 0 Å². The number of nitrogens with two attached hydrogens (primary N) is 1. The van der Waals surface area contributed by atoms with E-state index < -0.39 is 32.5 Å². The summed E-state index contributed by atoms with van der Waals surface area (Å²) >= 11 is 0. The van der Waals surface area contributed by atoms with Crippen molar-refractivity contribution in [2.45, 2.75) is 11.1 Å². The van der Waals surface area contributed by atoms with Crippen molar-refractivity contribution in [3.63, 3.8) is 0 Å². The number of rotatable bonds is 2. The van der Waals surface area contributed by atoms with Crippen LogP contribution < -0.4 is 14.8 Å². The standard InChI is InChI=1S/C14H11F4N3O3S/c15-11-4-9(19)5-12-13(11)24-2-1-21(12)25(22,23)10-3-8(6-20-7-10)14(16,17)18/h3-7H,1-2,19H2. The van der Waals surface area contributed by atoms with Gasteiger partial charge in [0, 0.05) is 24.1 Å². The fourth-order valence-electron chi connectivity index (χ4n) is 2.37. The number of nitrogen functional groups attached to an aromatic ring is 1. The fourth-order valence-corrected chi connectivity index (χ4v) is 3.80. The number of hydrogen-bond acceptors (Lipinski definition) is 5. The van der Waals surface area contributed by atoms with Gasteiger partial charge >= 0.3 is 6.18 Å². The fraction of sp³-hybridized carbons (Fsp3) is 0.214. The van der Waals surface area contributed by atoms with Crippen LogP contribution in [0.25, 0.3) is 0 Å². The van der Waals surface area contributed by atoms with E-state index in [-0.39, 0.29) is 30.3 Å². The summed E-state index contributed by atoms with van der Waals surface area (Å²) in [5.74, 6) is -1.19. The highest BCUT2D eigenvalue weighted by atomic mass is 32.2. The summed E-state index contributed by atoms with van der Waals surface area (Å²) in [6, 6.07) is 2.61. The predicted molar refractivity (Wildman–Crippen MR) is 80.1 cm³/mol. The first-order chi connectivity index (χ1) is 11.6. The first-order valence-corrected chi connectivity index (χ1v) is 8.31. The van der Waals surface area contributed by atoms with Crippen LogP contribution in [0.4, 0.5) is 28.9 Å². The van der Waals surface area contributed by atoms with Gasteiger partial charge in [0.05, 0.1) is 17.8 Å². The van der Waals surface area contributed by atoms with E-state index in [2.05, 4.69) is 4.98 Å². The van der Waals surface area contributed by atoms with Crippen molar-refractivity contribution >= 4 is 21.4 Å². The molecule has 0 spiro atoms. The molecule has 134 valence electrons. The van der Waals surface area contributed by atoms with E-state index in [0.29, 0.717) is 12.3 Å². The molecule has 0 aliphatic carbocycles. The van der Waals surface area contributed by atoms with Crippen LogP contribution in [0.1, 0.15) is 5.56 Å². The van der Waals surface area contributed by atoms with Crippen molar-refractivity contribution in [1.82, 2.24) is 4.98 Å². The molecule has 25 heavy (non-hydrogen) atoms. The number of ether oxygens (including phenoxy) is 1. The number of anilines is 2. The van der Waals surface area contributed by atoms with Gasteiger partial charge in [0.25, 0.3) is 10.0 Å². The Balaban J connectivity index is 2.12. The van der Waals surface area contributed by atoms with Crippen LogP contribution in [0.15, 0.2) is 35.5 Å². The van der Waals surface area contributed by atoms with Crippen LogP contribution >= 0.6 is 0 Å². The quantitative estimate of drug-likeness (QED) is 0.642. The van der Waals surface area contributed by atoms with Gasteiger partial charge in [0.15, 0.2) is 11.6 Å². The van der Waals surface area contributed by atoms with Gasteiger partial charge in [-0.15, -0.1) is 0 Å². The maximum atomic E-state index is 13.9. The summed E-state index contributed by atoms with van der Waals surface area (Å²) in [6.45, 7) is -0.381. The van der Waals surface area contributed by atoms with Crippen LogP contribution in [-0.2, 0) is 16.2 Å². The topological polar surface area (TPSA) is 85.5 Å². The average molecular weight is 377 g/mol. The third kappa shape index (κ3) is 3.06. The van der Waals surface area contributed by atoms with Crippen molar-refractivity contribution in [3.05, 3.63) is 42.0 Å². The number of aromatic nitrogens is 1. The van der Waals surface area contributed by atoms with Crippen LogP contribution in [0.3, 0.4) is 0 Å². The molecule has 0 saturated carbocycles. The molecule has 1 aromatic carbocycles. The number of benzene rings is 1. The molecule has 0 atom stereocenters. The number of halogens is 4. The zero-order valence-electron chi connectivity index (χ0n) is 12.4. The lowest BCUT2D eigenvalue weighted by molar-refractivity contribution is -0.138. The third-order valence-electron chi connectivity index (χ3n) is 3.48. The van der Waals surface area contributed by atoms with Crippen LogP contribution in [-0.4, -0.2) is 26.6 Å². The number of fused-ring (bicyclic) bond motifs is 1. The highest BCUT2D eigenvalue weighted by molar-refractivity contribution is 7.92. The molecule has 0 fully saturated rings. The molecule has 1 aliphatic rings. The van der Waals surface area contributed by atoms with Crippen molar-refractivity contribution in [3.8, 4) is 5.75 Å². The Morgan fingerprint density at radius 3 is 2.60 bits per heavy atom. The Hall–Kier alpha value is -2.56. The molecule has 1 aromatic heterocycles. The monoisotopic (exact) mass is 377 g/mol. The van der Waals surface area contributed by atoms with E-state index in [9.17, 15) is 26.0 Å². The lowest BCUT2D eigenvalue weighted by Crippen LogP contribution is -2.38. The predicted octanol–water partition coefficient (Wildman–Crippen LogP) is 2.41. The molecule has 6 nitrogen and oxygen atoms in total. The number of sulfonamides is 1. The molecule has 2 N–H and O–H groups in total. The summed E-state index contributed by atoms with van der Waals surface area (Å²) < 4.78 is 83.7. The molecule has 11 heteroatoms. The zero-order chi connectivity index (χ0) is 18.4. The van der Waals surface area contributed by atoms with Crippen LogP contribution in [0.5, 0.6) is 5.75 Å². The molecule has 0 radical (unpaired) electrons. The van der Waals surface area contributed by atoms with E-state index in [0.717, 1.165) is 16.6 Å². The van der Waals surface area contributed by atoms with Crippen molar-refractivity contribution in [2.24, 2.45) is 0 Å². The van der Waals surface area contributed by atoms with Crippen LogP contribution in [0, 0.1) is 5.82 Å². The Kier molecular flexibility index (Phi) is 3.98. The average Bonchev–Trinajstić information content (AvgIpc) is 2.53. The van der Waals surface area contributed by atoms with Crippen molar-refractivity contribution in [2.75, 3.05) is 23.2 Å². The van der Waals surface area contributed by atoms with Gasteiger partial charge in [-0.25, -0.2) is 12.8 Å². The van der Waals surface area contributed by atoms with Gasteiger partial charge in [-0.1, -0.05) is 0 Å². The number of nitrogens with zero attached hydrogens (tertiary/aromatic N) is 2. The summed E-state index contributed by atoms with van der Waals surface area (Å²) in [4.78, 5) is 2.68. The third-order valence-corrected chi connectivity index (χ3v) is 5.26. The Labute approximate surface area is 139 Å². The molecule has 0 unspecified atom stereocenters. The normalized spacial score (nSPS) is 14.8. The molecule has 2 aromatic rings. The lowest BCUT2D eigenvalue weighted by atomic mass is 10.2. The first kappa shape index (κ1) is 17.3. The zero-order valence-corrected chi connectivity index (χ0v) is 13.2. The van der Waals surface area contributed by atoms with E-state index >= 15 is 0 Å². The molecule has 0 saturated heterocycles. The van der Waals surface area contributed by atoms with Crippen LogP contribution in [0.2, 0.25) is 0 Å². The molecule has 1 aliphatic heterocycles. The summed E-state index contributed by atoms with van der Waals surface area (Å²) in [5, 5.41) is 0. The molecule has 0 bridgehead atoms. The second kappa shape index (κ2) is 5.76. The second-order valence-electron chi connectivity index (χ2n) is 5.18. The summed E-state index contributed by atoms with van der Waals surface area (Å²) in [7, 11) is -4.42. The minimum absolute atomic E-state index is 0.0517. The maximum absolute atomic E-state index is 13.9. The maximum Gasteiger partial charge on any atom is 0.417 e. The van der Waals surface area contributed by atoms with Crippen molar-refractivity contribution in [1.29, 1.82) is 0 Å². The molecular weight excluding hydrogens is 366 g/mol. The van der Waals surface area contributed by atoms with Gasteiger partial charge in [0.1, 0.15) is 11.5 Å². The van der Waals surface area contributed by atoms with Gasteiger partial charge in [0.2, 0.25) is 0 Å². The van der Waals surface area contributed by atoms with E-state index in [1.807, 2.05) is 0 Å². The van der Waals surface area contributed by atoms with E-state index in [4.69, 9.17) is 10.5 Å². The SMILES string of the molecule is Nc1cc(F)c2c(c1)N(S(=O)(=O)c1cncc(C(F)(F)F)c1)CCO2. The molecule has 2 heterocycles. The minimum Gasteiger partial charge on any atom is -0.486 e. The van der Waals surface area contributed by atoms with E-state index in [1.165, 1.54) is 6.07 Å². The largest absolute Gasteiger partial charge is 0.486 e. The summed E-state index contributed by atoms with van der Waals surface area (Å²) in [5.41, 5.74) is 4.09. The molecule has 3 rings (SSSR count). The van der Waals surface area contributed by atoms with Gasteiger partial charge in [-0.2, -0.15) is 13.2 Å². The minimum atomic E-state index is -4.75. The lowest BCUT2D eigenvalue weighted by Gasteiger charge is -2.30. The Bertz CT molecular complexity index is 931. The highest BCUT2D eigenvalue weighted by Gasteiger charge is 2.36. The highest BCUT2D eigenvalue weighted by Crippen LogP contribution is 2.39. The van der Waals surface area contributed by atoms with Gasteiger partial charge < -0.3 is 10.5 Å². The molecular formula is C14H11F4N3O3S. The number of pyridine rings is 1. The summed E-state index contributed by atoms with van der Waals surface area (Å²) in [6.07, 6.45) is -3.44. The molecule has 0 amide bonds. The Morgan fingerprint density at radius 1 is 1.20 bits per heavy atom.